The lowest BCUT2D eigenvalue weighted by molar-refractivity contribution is -0.220. The molecule has 1 fully saturated rings. The molecule has 6 N–H and O–H groups in total. The Morgan fingerprint density at radius 2 is 1.05 bits per heavy atom. The fourth-order valence-corrected chi connectivity index (χ4v) is 7.39. The Morgan fingerprint density at radius 1 is 0.567 bits per heavy atom. The molecule has 1 rings (SSSR count). The van der Waals surface area contributed by atoms with Crippen molar-refractivity contribution >= 4 is 25.5 Å². The van der Waals surface area contributed by atoms with Crippen molar-refractivity contribution < 1.29 is 67.9 Å². The van der Waals surface area contributed by atoms with E-state index in [0.29, 0.717) is 19.3 Å². The highest BCUT2D eigenvalue weighted by molar-refractivity contribution is 7.47. The van der Waals surface area contributed by atoms with Crippen LogP contribution in [0.3, 0.4) is 0 Å². The first kappa shape index (κ1) is 55.5. The summed E-state index contributed by atoms with van der Waals surface area (Å²) in [4.78, 5) is 47.4. The van der Waals surface area contributed by atoms with Crippen molar-refractivity contribution in [3.8, 4) is 0 Å². The van der Waals surface area contributed by atoms with Gasteiger partial charge in [-0.25, -0.2) is 4.57 Å². The summed E-state index contributed by atoms with van der Waals surface area (Å²) in [6, 6.07) is 0. The molecule has 1 aliphatic rings. The Bertz CT molecular complexity index is 1300. The number of hydrogen-bond donors (Lipinski definition) is 6. The van der Waals surface area contributed by atoms with Gasteiger partial charge >= 0.3 is 19.8 Å². The van der Waals surface area contributed by atoms with Crippen LogP contribution in [0.5, 0.6) is 0 Å². The number of carbonyl (C=O) groups excluding carboxylic acids is 3. The highest BCUT2D eigenvalue weighted by atomic mass is 31.2. The summed E-state index contributed by atoms with van der Waals surface area (Å²) in [5, 5.41) is 50.1. The number of aliphatic hydroxyl groups is 5. The van der Waals surface area contributed by atoms with Gasteiger partial charge in [-0.2, -0.15) is 0 Å². The second-order valence-corrected chi connectivity index (χ2v) is 17.0. The molecule has 0 bridgehead atoms. The van der Waals surface area contributed by atoms with Gasteiger partial charge in [-0.15, -0.1) is 0 Å². The third-order valence-corrected chi connectivity index (χ3v) is 11.1. The average Bonchev–Trinajstić information content (AvgIpc) is 3.22. The van der Waals surface area contributed by atoms with Gasteiger partial charge in [0.2, 0.25) is 0 Å². The number of allylic oxidation sites excluding steroid dienone is 8. The summed E-state index contributed by atoms with van der Waals surface area (Å²) in [5.74, 6) is -1.04. The van der Waals surface area contributed by atoms with Crippen LogP contribution in [0.25, 0.3) is 0 Å². The molecule has 15 heteroatoms. The SMILES string of the molecule is CCCCC/C=C\C/C=C\CCCCCCCC(=O)OC[C@H](COP(=O)(O)OC1[C@H](O)[C@H](O)C(O)[C@H](O)[C@H]1O)OC(=O)CCCCCCC/C=C\C=C\C(=O)CCCCC. The monoisotopic (exact) mass is 873 g/mol. The molecular weight excluding hydrogens is 795 g/mol. The van der Waals surface area contributed by atoms with Crippen LogP contribution in [0.2, 0.25) is 0 Å². The molecule has 0 aliphatic heterocycles. The third kappa shape index (κ3) is 27.4. The van der Waals surface area contributed by atoms with Crippen molar-refractivity contribution in [1.82, 2.24) is 0 Å². The maximum absolute atomic E-state index is 12.8. The molecule has 346 valence electrons. The molecule has 1 saturated carbocycles. The number of rotatable bonds is 36. The highest BCUT2D eigenvalue weighted by Crippen LogP contribution is 2.47. The number of unbranched alkanes of at least 4 members (excludes halogenated alkanes) is 15. The van der Waals surface area contributed by atoms with Gasteiger partial charge in [0.05, 0.1) is 6.61 Å². The molecule has 3 unspecified atom stereocenters. The number of ketones is 1. The van der Waals surface area contributed by atoms with Crippen LogP contribution < -0.4 is 0 Å². The summed E-state index contributed by atoms with van der Waals surface area (Å²) in [6.45, 7) is 3.06. The predicted molar refractivity (Wildman–Crippen MR) is 231 cm³/mol. The summed E-state index contributed by atoms with van der Waals surface area (Å²) in [6.07, 6.45) is 22.9. The fraction of sp³-hybridized carbons (Fsp3) is 0.756. The number of esters is 2. The zero-order valence-corrected chi connectivity index (χ0v) is 37.1. The Morgan fingerprint density at radius 3 is 1.65 bits per heavy atom. The van der Waals surface area contributed by atoms with E-state index in [9.17, 15) is 49.4 Å². The lowest BCUT2D eigenvalue weighted by Crippen LogP contribution is -2.64. The van der Waals surface area contributed by atoms with E-state index in [-0.39, 0.29) is 18.6 Å². The molecule has 0 aromatic rings. The van der Waals surface area contributed by atoms with E-state index in [4.69, 9.17) is 18.5 Å². The number of phosphoric acid groups is 1. The maximum atomic E-state index is 12.8. The minimum absolute atomic E-state index is 0.0409. The first-order valence-electron chi connectivity index (χ1n) is 22.4. The van der Waals surface area contributed by atoms with Crippen molar-refractivity contribution in [3.05, 3.63) is 48.6 Å². The molecule has 0 aromatic heterocycles. The van der Waals surface area contributed by atoms with E-state index in [1.165, 1.54) is 19.3 Å². The number of hydrogen-bond acceptors (Lipinski definition) is 13. The lowest BCUT2D eigenvalue weighted by atomic mass is 9.85. The van der Waals surface area contributed by atoms with Gasteiger partial charge in [0, 0.05) is 19.3 Å². The molecule has 0 saturated heterocycles. The van der Waals surface area contributed by atoms with Crippen molar-refractivity contribution in [2.45, 2.75) is 204 Å². The van der Waals surface area contributed by atoms with Crippen LogP contribution >= 0.6 is 7.82 Å². The van der Waals surface area contributed by atoms with E-state index in [1.807, 2.05) is 12.2 Å². The van der Waals surface area contributed by atoms with Gasteiger partial charge in [0.25, 0.3) is 0 Å². The number of carbonyl (C=O) groups is 3. The average molecular weight is 873 g/mol. The number of aliphatic hydroxyl groups excluding tert-OH is 5. The van der Waals surface area contributed by atoms with E-state index >= 15 is 0 Å². The molecule has 0 aromatic carbocycles. The summed E-state index contributed by atoms with van der Waals surface area (Å²) in [5.41, 5.74) is 0. The molecule has 0 radical (unpaired) electrons. The smallest absolute Gasteiger partial charge is 0.462 e. The fourth-order valence-electron chi connectivity index (χ4n) is 6.41. The van der Waals surface area contributed by atoms with Gasteiger partial charge in [0.1, 0.15) is 43.2 Å². The van der Waals surface area contributed by atoms with Crippen LogP contribution in [0, 0.1) is 0 Å². The molecular formula is C45H77O14P. The second kappa shape index (κ2) is 35.0. The topological polar surface area (TPSA) is 227 Å². The normalized spacial score (nSPS) is 22.5. The van der Waals surface area contributed by atoms with E-state index < -0.39 is 75.7 Å². The maximum Gasteiger partial charge on any atom is 0.472 e. The highest BCUT2D eigenvalue weighted by Gasteiger charge is 2.51. The van der Waals surface area contributed by atoms with Crippen LogP contribution in [0.15, 0.2) is 48.6 Å². The van der Waals surface area contributed by atoms with Crippen molar-refractivity contribution in [2.24, 2.45) is 0 Å². The van der Waals surface area contributed by atoms with Gasteiger partial charge < -0.3 is 39.9 Å². The van der Waals surface area contributed by atoms with Crippen molar-refractivity contribution in [3.63, 3.8) is 0 Å². The summed E-state index contributed by atoms with van der Waals surface area (Å²) >= 11 is 0. The zero-order valence-electron chi connectivity index (χ0n) is 36.2. The first-order valence-corrected chi connectivity index (χ1v) is 23.9. The summed E-state index contributed by atoms with van der Waals surface area (Å²) < 4.78 is 33.4. The number of ether oxygens (including phenoxy) is 2. The third-order valence-electron chi connectivity index (χ3n) is 10.1. The van der Waals surface area contributed by atoms with Crippen LogP contribution in [0.1, 0.15) is 162 Å². The minimum atomic E-state index is -5.14. The molecule has 0 amide bonds. The standard InChI is InChI=1S/C45H77O14P/c1-3-5-7-8-9-10-11-12-13-14-15-18-21-24-28-32-38(47)56-34-37(35-57-60(54,55)59-45-43(52)41(50)40(49)42(51)44(45)53)58-39(48)33-29-25-22-19-16-17-20-23-27-31-36(46)30-26-6-4-2/h9-10,12-13,20,23,27,31,37,40-45,49-53H,3-8,11,14-19,21-22,24-26,28-30,32-35H2,1-2H3,(H,54,55)/b10-9-,13-12-,23-20-,31-27+/t37-,40?,41-,42+,43-,44-,45?/m1/s1. The minimum Gasteiger partial charge on any atom is -0.462 e. The lowest BCUT2D eigenvalue weighted by Gasteiger charge is -2.41. The van der Waals surface area contributed by atoms with Gasteiger partial charge in [-0.1, -0.05) is 121 Å². The van der Waals surface area contributed by atoms with Gasteiger partial charge in [0.15, 0.2) is 11.9 Å². The van der Waals surface area contributed by atoms with Crippen molar-refractivity contribution in [1.29, 1.82) is 0 Å². The van der Waals surface area contributed by atoms with Crippen molar-refractivity contribution in [2.75, 3.05) is 13.2 Å². The predicted octanol–water partition coefficient (Wildman–Crippen LogP) is 7.57. The Balaban J connectivity index is 2.52. The summed E-state index contributed by atoms with van der Waals surface area (Å²) in [7, 11) is -5.14. The van der Waals surface area contributed by atoms with E-state index in [0.717, 1.165) is 96.3 Å². The quantitative estimate of drug-likeness (QED) is 0.00892. The number of phosphoric ester groups is 1. The first-order chi connectivity index (χ1) is 28.8. The Hall–Kier alpha value is -2.52. The van der Waals surface area contributed by atoms with Crippen LogP contribution in [0.4, 0.5) is 0 Å². The largest absolute Gasteiger partial charge is 0.472 e. The molecule has 60 heavy (non-hydrogen) atoms. The molecule has 14 nitrogen and oxygen atoms in total. The van der Waals surface area contributed by atoms with Crippen LogP contribution in [-0.4, -0.2) is 104 Å². The molecule has 0 heterocycles. The van der Waals surface area contributed by atoms with E-state index in [1.54, 1.807) is 12.2 Å². The van der Waals surface area contributed by atoms with E-state index in [2.05, 4.69) is 38.2 Å². The van der Waals surface area contributed by atoms with Gasteiger partial charge in [-0.05, 0) is 70.3 Å². The molecule has 0 spiro atoms. The zero-order chi connectivity index (χ0) is 44.4. The Labute approximate surface area is 358 Å². The van der Waals surface area contributed by atoms with Crippen LogP contribution in [-0.2, 0) is 37.5 Å². The van der Waals surface area contributed by atoms with Gasteiger partial charge in [-0.3, -0.25) is 23.4 Å². The Kier molecular flexibility index (Phi) is 32.4. The molecule has 8 atom stereocenters. The molecule has 1 aliphatic carbocycles. The second-order valence-electron chi connectivity index (χ2n) is 15.6.